The third-order valence-electron chi connectivity index (χ3n) is 4.34. The molecule has 0 atom stereocenters. The molecule has 1 aliphatic heterocycles. The molecule has 118 valence electrons. The van der Waals surface area contributed by atoms with E-state index in [0.29, 0.717) is 5.92 Å². The van der Waals surface area contributed by atoms with E-state index in [4.69, 9.17) is 9.72 Å². The zero-order chi connectivity index (χ0) is 15.5. The molecule has 5 heteroatoms. The number of benzene rings is 1. The average Bonchev–Trinajstić information content (AvgIpc) is 3.10. The Morgan fingerprint density at radius 2 is 1.96 bits per heavy atom. The van der Waals surface area contributed by atoms with Crippen molar-refractivity contribution in [3.05, 3.63) is 48.7 Å². The predicted octanol–water partition coefficient (Wildman–Crippen LogP) is 3.23. The summed E-state index contributed by atoms with van der Waals surface area (Å²) < 4.78 is 7.30. The Balaban J connectivity index is 1.63. The molecule has 0 unspecified atom stereocenters. The topological polar surface area (TPSA) is 51.5 Å². The van der Waals surface area contributed by atoms with Gasteiger partial charge in [0.05, 0.1) is 11.9 Å². The Bertz CT molecular complexity index is 778. The molecule has 3 heterocycles. The third-order valence-corrected chi connectivity index (χ3v) is 4.34. The highest BCUT2D eigenvalue weighted by Gasteiger charge is 2.15. The third kappa shape index (κ3) is 3.05. The van der Waals surface area contributed by atoms with Crippen LogP contribution in [0.5, 0.6) is 0 Å². The van der Waals surface area contributed by atoms with Crippen molar-refractivity contribution in [1.29, 1.82) is 0 Å². The number of aromatic nitrogens is 3. The van der Waals surface area contributed by atoms with Gasteiger partial charge in [0.25, 0.3) is 0 Å². The number of hydrogen-bond acceptors (Lipinski definition) is 4. The zero-order valence-corrected chi connectivity index (χ0v) is 13.0. The van der Waals surface area contributed by atoms with Crippen molar-refractivity contribution in [3.63, 3.8) is 0 Å². The van der Waals surface area contributed by atoms with E-state index >= 15 is 0 Å². The minimum atomic E-state index is 0.655. The van der Waals surface area contributed by atoms with Crippen molar-refractivity contribution in [3.8, 4) is 11.3 Å². The second-order valence-corrected chi connectivity index (χ2v) is 5.93. The highest BCUT2D eigenvalue weighted by Crippen LogP contribution is 2.23. The smallest absolute Gasteiger partial charge is 0.157 e. The molecule has 5 nitrogen and oxygen atoms in total. The van der Waals surface area contributed by atoms with Gasteiger partial charge in [-0.2, -0.15) is 9.61 Å². The molecule has 0 aliphatic carbocycles. The van der Waals surface area contributed by atoms with Crippen molar-refractivity contribution >= 4 is 11.5 Å². The molecule has 0 spiro atoms. The second-order valence-electron chi connectivity index (χ2n) is 5.93. The summed E-state index contributed by atoms with van der Waals surface area (Å²) in [6.45, 7) is 2.68. The lowest BCUT2D eigenvalue weighted by Crippen LogP contribution is -2.23. The van der Waals surface area contributed by atoms with Gasteiger partial charge in [-0.1, -0.05) is 30.3 Å². The molecular formula is C18H20N4O. The Hall–Kier alpha value is -2.40. The van der Waals surface area contributed by atoms with Crippen LogP contribution in [-0.2, 0) is 4.74 Å². The summed E-state index contributed by atoms with van der Waals surface area (Å²) in [5.41, 5.74) is 2.94. The van der Waals surface area contributed by atoms with Crippen LogP contribution >= 0.6 is 0 Å². The molecule has 1 aliphatic rings. The zero-order valence-electron chi connectivity index (χ0n) is 13.0. The Kier molecular flexibility index (Phi) is 3.94. The lowest BCUT2D eigenvalue weighted by atomic mass is 10.0. The van der Waals surface area contributed by atoms with Crippen LogP contribution in [0, 0.1) is 5.92 Å². The van der Waals surface area contributed by atoms with Crippen LogP contribution in [0.2, 0.25) is 0 Å². The van der Waals surface area contributed by atoms with Crippen molar-refractivity contribution in [1.82, 2.24) is 14.6 Å². The largest absolute Gasteiger partial charge is 0.381 e. The van der Waals surface area contributed by atoms with Crippen LogP contribution in [0.3, 0.4) is 0 Å². The lowest BCUT2D eigenvalue weighted by molar-refractivity contribution is 0.0699. The van der Waals surface area contributed by atoms with E-state index in [1.54, 1.807) is 6.20 Å². The summed E-state index contributed by atoms with van der Waals surface area (Å²) >= 11 is 0. The molecule has 0 saturated carbocycles. The van der Waals surface area contributed by atoms with E-state index in [2.05, 4.69) is 28.6 Å². The molecule has 0 bridgehead atoms. The summed E-state index contributed by atoms with van der Waals surface area (Å²) in [7, 11) is 0. The van der Waals surface area contributed by atoms with Gasteiger partial charge in [-0.3, -0.25) is 0 Å². The Labute approximate surface area is 135 Å². The van der Waals surface area contributed by atoms with Crippen molar-refractivity contribution in [2.75, 3.05) is 25.1 Å². The fraction of sp³-hybridized carbons (Fsp3) is 0.333. The monoisotopic (exact) mass is 308 g/mol. The van der Waals surface area contributed by atoms with Crippen molar-refractivity contribution < 1.29 is 4.74 Å². The van der Waals surface area contributed by atoms with Crippen molar-refractivity contribution in [2.45, 2.75) is 12.8 Å². The predicted molar refractivity (Wildman–Crippen MR) is 90.5 cm³/mol. The van der Waals surface area contributed by atoms with Gasteiger partial charge in [0.1, 0.15) is 5.82 Å². The summed E-state index contributed by atoms with van der Waals surface area (Å²) in [5, 5.41) is 7.94. The van der Waals surface area contributed by atoms with Gasteiger partial charge in [-0.05, 0) is 18.8 Å². The second kappa shape index (κ2) is 6.38. The Morgan fingerprint density at radius 3 is 2.78 bits per heavy atom. The lowest BCUT2D eigenvalue weighted by Gasteiger charge is -2.22. The maximum Gasteiger partial charge on any atom is 0.157 e. The maximum atomic E-state index is 5.43. The number of fused-ring (bicyclic) bond motifs is 1. The first-order valence-corrected chi connectivity index (χ1v) is 8.12. The first kappa shape index (κ1) is 14.2. The van der Waals surface area contributed by atoms with E-state index in [0.717, 1.165) is 55.3 Å². The first-order valence-electron chi connectivity index (χ1n) is 8.12. The fourth-order valence-corrected chi connectivity index (χ4v) is 3.00. The van der Waals surface area contributed by atoms with Crippen LogP contribution in [-0.4, -0.2) is 34.4 Å². The van der Waals surface area contributed by atoms with E-state index < -0.39 is 0 Å². The number of anilines is 1. The van der Waals surface area contributed by atoms with Crippen molar-refractivity contribution in [2.24, 2.45) is 5.92 Å². The van der Waals surface area contributed by atoms with Crippen LogP contribution in [0.4, 0.5) is 5.82 Å². The van der Waals surface area contributed by atoms with Crippen LogP contribution in [0.15, 0.2) is 48.7 Å². The number of nitrogens with zero attached hydrogens (tertiary/aromatic N) is 3. The molecule has 1 aromatic carbocycles. The normalized spacial score (nSPS) is 15.8. The molecule has 1 saturated heterocycles. The minimum absolute atomic E-state index is 0.655. The molecule has 0 amide bonds. The molecule has 2 aromatic heterocycles. The van der Waals surface area contributed by atoms with Gasteiger partial charge >= 0.3 is 0 Å². The molecule has 1 N–H and O–H groups in total. The SMILES string of the molecule is c1ccc(-c2cc(NCC3CCOCC3)n3nccc3n2)cc1. The van der Waals surface area contributed by atoms with Gasteiger partial charge in [-0.25, -0.2) is 4.98 Å². The first-order chi connectivity index (χ1) is 11.4. The Morgan fingerprint density at radius 1 is 1.13 bits per heavy atom. The van der Waals surface area contributed by atoms with Crippen LogP contribution in [0.25, 0.3) is 16.9 Å². The molecule has 3 aromatic rings. The van der Waals surface area contributed by atoms with Crippen LogP contribution < -0.4 is 5.32 Å². The molecule has 0 radical (unpaired) electrons. The maximum absolute atomic E-state index is 5.43. The summed E-state index contributed by atoms with van der Waals surface area (Å²) in [5.74, 6) is 1.65. The highest BCUT2D eigenvalue weighted by molar-refractivity contribution is 5.66. The van der Waals surface area contributed by atoms with Gasteiger partial charge < -0.3 is 10.1 Å². The molecular weight excluding hydrogens is 288 g/mol. The molecule has 4 rings (SSSR count). The number of nitrogens with one attached hydrogen (secondary N) is 1. The van der Waals surface area contributed by atoms with E-state index in [9.17, 15) is 0 Å². The highest BCUT2D eigenvalue weighted by atomic mass is 16.5. The van der Waals surface area contributed by atoms with E-state index in [1.165, 1.54) is 0 Å². The summed E-state index contributed by atoms with van der Waals surface area (Å²) in [4.78, 5) is 4.70. The fourth-order valence-electron chi connectivity index (χ4n) is 3.00. The number of ether oxygens (including phenoxy) is 1. The van der Waals surface area contributed by atoms with Crippen LogP contribution in [0.1, 0.15) is 12.8 Å². The van der Waals surface area contributed by atoms with Gasteiger partial charge in [0.2, 0.25) is 0 Å². The standard InChI is InChI=1S/C18H20N4O/c1-2-4-15(5-3-1)16-12-18(22-17(21-16)6-9-20-22)19-13-14-7-10-23-11-8-14/h1-6,9,12,14,19H,7-8,10-11,13H2. The minimum Gasteiger partial charge on any atom is -0.381 e. The molecule has 23 heavy (non-hydrogen) atoms. The van der Waals surface area contributed by atoms with E-state index in [1.807, 2.05) is 28.8 Å². The van der Waals surface area contributed by atoms with Gasteiger partial charge in [0, 0.05) is 37.5 Å². The molecule has 1 fully saturated rings. The average molecular weight is 308 g/mol. The summed E-state index contributed by atoms with van der Waals surface area (Å²) in [6.07, 6.45) is 4.02. The van der Waals surface area contributed by atoms with Gasteiger partial charge in [-0.15, -0.1) is 0 Å². The number of rotatable bonds is 4. The quantitative estimate of drug-likeness (QED) is 0.804. The van der Waals surface area contributed by atoms with Gasteiger partial charge in [0.15, 0.2) is 5.65 Å². The summed E-state index contributed by atoms with van der Waals surface area (Å²) in [6, 6.07) is 14.3. The van der Waals surface area contributed by atoms with E-state index in [-0.39, 0.29) is 0 Å². The number of hydrogen-bond donors (Lipinski definition) is 1.